The highest BCUT2D eigenvalue weighted by Gasteiger charge is 2.43. The highest BCUT2D eigenvalue weighted by atomic mass is 32.2. The molecule has 2 saturated carbocycles. The van der Waals surface area contributed by atoms with Gasteiger partial charge < -0.3 is 20.4 Å². The number of para-hydroxylation sites is 1. The summed E-state index contributed by atoms with van der Waals surface area (Å²) >= 11 is 0. The summed E-state index contributed by atoms with van der Waals surface area (Å²) in [4.78, 5) is 0. The van der Waals surface area contributed by atoms with E-state index in [2.05, 4.69) is 33.8 Å². The molecule has 0 aromatic heterocycles. The minimum Gasteiger partial charge on any atom is -0.489 e. The van der Waals surface area contributed by atoms with Crippen LogP contribution in [0.3, 0.4) is 0 Å². The van der Waals surface area contributed by atoms with E-state index in [9.17, 15) is 13.6 Å². The second-order valence-electron chi connectivity index (χ2n) is 10.4. The molecule has 2 aromatic carbocycles. The fraction of sp³-hybridized carbons (Fsp3) is 0.500. The van der Waals surface area contributed by atoms with Crippen molar-refractivity contribution < 1.29 is 23.1 Å². The number of nitrogens with zero attached hydrogens (tertiary/aromatic N) is 2. The summed E-state index contributed by atoms with van der Waals surface area (Å²) < 4.78 is 39.0. The van der Waals surface area contributed by atoms with E-state index in [-0.39, 0.29) is 17.9 Å². The molecule has 200 valence electrons. The molecule has 2 aromatic rings. The van der Waals surface area contributed by atoms with Gasteiger partial charge in [-0.15, -0.1) is 0 Å². The molecule has 2 fully saturated rings. The third-order valence-corrected chi connectivity index (χ3v) is 8.13. The van der Waals surface area contributed by atoms with Gasteiger partial charge in [-0.2, -0.15) is 4.40 Å². The first kappa shape index (κ1) is 27.1. The van der Waals surface area contributed by atoms with E-state index < -0.39 is 15.4 Å². The largest absolute Gasteiger partial charge is 0.489 e. The summed E-state index contributed by atoms with van der Waals surface area (Å²) in [5.41, 5.74) is 7.88. The maximum absolute atomic E-state index is 11.4. The second-order valence-corrected chi connectivity index (χ2v) is 12.0. The Bertz CT molecular complexity index is 1190. The van der Waals surface area contributed by atoms with Gasteiger partial charge >= 0.3 is 0 Å². The quantitative estimate of drug-likeness (QED) is 0.197. The van der Waals surface area contributed by atoms with E-state index in [1.165, 1.54) is 11.8 Å². The van der Waals surface area contributed by atoms with Crippen LogP contribution in [0.25, 0.3) is 0 Å². The van der Waals surface area contributed by atoms with Gasteiger partial charge in [0.15, 0.2) is 0 Å². The number of amidine groups is 1. The fourth-order valence-corrected chi connectivity index (χ4v) is 5.93. The van der Waals surface area contributed by atoms with Crippen LogP contribution in [0.5, 0.6) is 5.75 Å². The normalized spacial score (nSPS) is 26.9. The zero-order chi connectivity index (χ0) is 26.3. The molecule has 2 atom stereocenters. The molecule has 2 aliphatic carbocycles. The molecule has 8 nitrogen and oxygen atoms in total. The summed E-state index contributed by atoms with van der Waals surface area (Å²) in [6, 6.07) is 18.5. The third kappa shape index (κ3) is 7.32. The topological polar surface area (TPSA) is 124 Å². The number of oxime groups is 1. The summed E-state index contributed by atoms with van der Waals surface area (Å²) in [6.45, 7) is 0.889. The monoisotopic (exact) mass is 527 g/mol. The lowest BCUT2D eigenvalue weighted by Gasteiger charge is -2.33. The molecule has 0 amide bonds. The first-order valence-corrected chi connectivity index (χ1v) is 14.7. The van der Waals surface area contributed by atoms with E-state index in [1.807, 2.05) is 30.3 Å². The predicted octanol–water partition coefficient (Wildman–Crippen LogP) is 4.87. The molecular weight excluding hydrogens is 490 g/mol. The average Bonchev–Trinajstić information content (AvgIpc) is 3.34. The molecule has 0 heterocycles. The van der Waals surface area contributed by atoms with Gasteiger partial charge in [0.1, 0.15) is 18.2 Å². The van der Waals surface area contributed by atoms with Crippen LogP contribution >= 0.6 is 0 Å². The van der Waals surface area contributed by atoms with Crippen LogP contribution in [-0.4, -0.2) is 44.6 Å². The number of ether oxygens (including phenoxy) is 2. The standard InChI is InChI=1S/C28H37N3O5S/c1-37(33,34)30-18-22-15-16-28(17-22,27(29)31-32)20-36-24-13-11-23(12-14-24)25-9-5-6-10-26(25)35-19-21-7-3-2-4-8-21/h2-10,18,22-24,32H,11-17,19-20H2,1H3,(H2,29,31)/t22?,23?,24?,28-/m0/s1. The number of benzene rings is 2. The number of hydrogen-bond donors (Lipinski definition) is 2. The Kier molecular flexibility index (Phi) is 8.87. The number of rotatable bonds is 10. The van der Waals surface area contributed by atoms with Gasteiger partial charge in [0.25, 0.3) is 0 Å². The number of hydrogen-bond acceptors (Lipinski definition) is 6. The van der Waals surface area contributed by atoms with Crippen LogP contribution in [0.15, 0.2) is 64.2 Å². The van der Waals surface area contributed by atoms with E-state index in [0.29, 0.717) is 38.4 Å². The Morgan fingerprint density at radius 2 is 1.78 bits per heavy atom. The van der Waals surface area contributed by atoms with Crippen molar-refractivity contribution in [3.05, 3.63) is 65.7 Å². The molecule has 4 rings (SSSR count). The summed E-state index contributed by atoms with van der Waals surface area (Å²) in [7, 11) is -3.44. The van der Waals surface area contributed by atoms with Crippen molar-refractivity contribution in [1.82, 2.24) is 0 Å². The predicted molar refractivity (Wildman–Crippen MR) is 145 cm³/mol. The lowest BCUT2D eigenvalue weighted by Crippen LogP contribution is -2.41. The van der Waals surface area contributed by atoms with Crippen LogP contribution in [0, 0.1) is 11.3 Å². The minimum absolute atomic E-state index is 0.0539. The van der Waals surface area contributed by atoms with Crippen LogP contribution in [0.1, 0.15) is 62.0 Å². The lowest BCUT2D eigenvalue weighted by molar-refractivity contribution is -0.00857. The Morgan fingerprint density at radius 3 is 2.49 bits per heavy atom. The summed E-state index contributed by atoms with van der Waals surface area (Å²) in [6.07, 6.45) is 8.39. The molecule has 0 saturated heterocycles. The average molecular weight is 528 g/mol. The van der Waals surface area contributed by atoms with Crippen molar-refractivity contribution in [3.63, 3.8) is 0 Å². The molecule has 1 unspecified atom stereocenters. The lowest BCUT2D eigenvalue weighted by atomic mass is 9.81. The van der Waals surface area contributed by atoms with Crippen LogP contribution in [0.4, 0.5) is 0 Å². The SMILES string of the molecule is CS(=O)(=O)N=CC1CC[C@](COC2CCC(c3ccccc3OCc3ccccc3)CC2)(/C(N)=N/O)C1. The fourth-order valence-electron chi connectivity index (χ4n) is 5.54. The minimum atomic E-state index is -3.44. The van der Waals surface area contributed by atoms with Gasteiger partial charge in [-0.25, -0.2) is 8.42 Å². The highest BCUT2D eigenvalue weighted by Crippen LogP contribution is 2.43. The number of sulfonamides is 1. The molecule has 0 aliphatic heterocycles. The van der Waals surface area contributed by atoms with Crippen molar-refractivity contribution in [2.24, 2.45) is 26.6 Å². The van der Waals surface area contributed by atoms with Gasteiger partial charge in [0, 0.05) is 6.21 Å². The van der Waals surface area contributed by atoms with Crippen molar-refractivity contribution in [1.29, 1.82) is 0 Å². The Labute approximate surface area is 219 Å². The van der Waals surface area contributed by atoms with E-state index in [4.69, 9.17) is 15.2 Å². The van der Waals surface area contributed by atoms with Gasteiger partial charge in [0.2, 0.25) is 10.0 Å². The smallest absolute Gasteiger partial charge is 0.249 e. The zero-order valence-electron chi connectivity index (χ0n) is 21.3. The molecule has 37 heavy (non-hydrogen) atoms. The molecule has 2 aliphatic rings. The number of nitrogens with two attached hydrogens (primary N) is 1. The second kappa shape index (κ2) is 12.1. The van der Waals surface area contributed by atoms with Crippen molar-refractivity contribution in [2.45, 2.75) is 63.6 Å². The molecule has 0 bridgehead atoms. The van der Waals surface area contributed by atoms with Gasteiger partial charge in [-0.05, 0) is 74.0 Å². The molecule has 3 N–H and O–H groups in total. The first-order chi connectivity index (χ1) is 17.8. The van der Waals surface area contributed by atoms with Crippen molar-refractivity contribution in [3.8, 4) is 5.75 Å². The Hall–Kier alpha value is -2.91. The van der Waals surface area contributed by atoms with Gasteiger partial charge in [-0.1, -0.05) is 53.7 Å². The van der Waals surface area contributed by atoms with Crippen molar-refractivity contribution in [2.75, 3.05) is 12.9 Å². The third-order valence-electron chi connectivity index (χ3n) is 7.63. The maximum Gasteiger partial charge on any atom is 0.249 e. The molecule has 0 spiro atoms. The van der Waals surface area contributed by atoms with Crippen LogP contribution in [0.2, 0.25) is 0 Å². The van der Waals surface area contributed by atoms with E-state index >= 15 is 0 Å². The molecular formula is C28H37N3O5S. The summed E-state index contributed by atoms with van der Waals surface area (Å²) in [5.74, 6) is 1.44. The van der Waals surface area contributed by atoms with Crippen molar-refractivity contribution >= 4 is 22.1 Å². The Morgan fingerprint density at radius 1 is 1.08 bits per heavy atom. The van der Waals surface area contributed by atoms with Crippen LogP contribution in [-0.2, 0) is 21.4 Å². The maximum atomic E-state index is 11.4. The van der Waals surface area contributed by atoms with E-state index in [1.54, 1.807) is 0 Å². The molecule has 0 radical (unpaired) electrons. The first-order valence-electron chi connectivity index (χ1n) is 12.9. The van der Waals surface area contributed by atoms with Crippen LogP contribution < -0.4 is 10.5 Å². The highest BCUT2D eigenvalue weighted by molar-refractivity contribution is 7.89. The zero-order valence-corrected chi connectivity index (χ0v) is 22.1. The Balaban J connectivity index is 1.32. The van der Waals surface area contributed by atoms with Gasteiger partial charge in [0.05, 0.1) is 24.4 Å². The van der Waals surface area contributed by atoms with Gasteiger partial charge in [-0.3, -0.25) is 0 Å². The molecule has 9 heteroatoms. The summed E-state index contributed by atoms with van der Waals surface area (Å²) in [5, 5.41) is 12.7. The van der Waals surface area contributed by atoms with E-state index in [0.717, 1.165) is 43.3 Å².